The number of amides is 1. The highest BCUT2D eigenvalue weighted by Gasteiger charge is 2.46. The van der Waals surface area contributed by atoms with E-state index in [1.807, 2.05) is 30.3 Å². The lowest BCUT2D eigenvalue weighted by atomic mass is 9.76. The molecular formula is C28H32F3NO3. The fraction of sp³-hybridized carbons (Fsp3) is 0.393. The summed E-state index contributed by atoms with van der Waals surface area (Å²) in [5, 5.41) is 1.61. The molecule has 0 bridgehead atoms. The van der Waals surface area contributed by atoms with Crippen LogP contribution in [0.4, 0.5) is 18.0 Å². The molecule has 0 radical (unpaired) electrons. The van der Waals surface area contributed by atoms with E-state index in [9.17, 15) is 13.6 Å². The van der Waals surface area contributed by atoms with E-state index in [2.05, 4.69) is 0 Å². The Bertz CT molecular complexity index is 1220. The van der Waals surface area contributed by atoms with Gasteiger partial charge in [-0.15, -0.1) is 0 Å². The topological polar surface area (TPSA) is 38.8 Å². The van der Waals surface area contributed by atoms with Crippen LogP contribution >= 0.6 is 0 Å². The second kappa shape index (κ2) is 10.2. The van der Waals surface area contributed by atoms with Gasteiger partial charge in [-0.3, -0.25) is 4.90 Å². The molecule has 0 aromatic heterocycles. The van der Waals surface area contributed by atoms with Gasteiger partial charge in [0, 0.05) is 12.1 Å². The Hall–Kier alpha value is -3.22. The van der Waals surface area contributed by atoms with Crippen molar-refractivity contribution in [1.82, 2.24) is 4.90 Å². The summed E-state index contributed by atoms with van der Waals surface area (Å²) in [5.74, 6) is -4.53. The van der Waals surface area contributed by atoms with Gasteiger partial charge in [0.05, 0.1) is 6.61 Å². The van der Waals surface area contributed by atoms with Crippen LogP contribution in [0.1, 0.15) is 59.1 Å². The number of rotatable bonds is 7. The second-order valence-corrected chi connectivity index (χ2v) is 9.26. The summed E-state index contributed by atoms with van der Waals surface area (Å²) in [7, 11) is 0. The van der Waals surface area contributed by atoms with Crippen molar-refractivity contribution in [2.24, 2.45) is 0 Å². The molecule has 0 aliphatic rings. The average molecular weight is 488 g/mol. The Balaban J connectivity index is 2.47. The highest BCUT2D eigenvalue weighted by molar-refractivity contribution is 5.88. The van der Waals surface area contributed by atoms with Crippen molar-refractivity contribution in [2.75, 3.05) is 13.2 Å². The van der Waals surface area contributed by atoms with Gasteiger partial charge in [0.2, 0.25) is 5.82 Å². The first-order valence-electron chi connectivity index (χ1n) is 11.8. The molecule has 3 aromatic rings. The fourth-order valence-electron chi connectivity index (χ4n) is 4.62. The van der Waals surface area contributed by atoms with Crippen LogP contribution in [-0.2, 0) is 10.3 Å². The molecule has 35 heavy (non-hydrogen) atoms. The summed E-state index contributed by atoms with van der Waals surface area (Å²) >= 11 is 0. The van der Waals surface area contributed by atoms with Gasteiger partial charge in [-0.2, -0.15) is 4.39 Å². The molecule has 3 aromatic carbocycles. The SMILES string of the molecule is CCOc1c(F)c(F)cc(C(CC)(c2cccc3ccccc23)N(CC)C(=O)OC(C)(C)C)c1F. The number of carbonyl (C=O) groups excluding carboxylic acids is 1. The molecule has 0 fully saturated rings. The van der Waals surface area contributed by atoms with Gasteiger partial charge in [-0.1, -0.05) is 49.4 Å². The molecule has 1 atom stereocenters. The maximum atomic E-state index is 16.1. The predicted molar refractivity (Wildman–Crippen MR) is 131 cm³/mol. The standard InChI is InChI=1S/C28H32F3NO3/c1-7-28(32(8-2)26(33)35-27(4,5)6,20-16-12-14-18-13-10-11-15-19(18)20)21-17-22(29)24(31)25(23(21)30)34-9-3/h10-17H,7-9H2,1-6H3. The van der Waals surface area contributed by atoms with E-state index >= 15 is 4.39 Å². The van der Waals surface area contributed by atoms with Crippen molar-refractivity contribution in [3.63, 3.8) is 0 Å². The van der Waals surface area contributed by atoms with E-state index in [0.717, 1.165) is 16.8 Å². The van der Waals surface area contributed by atoms with E-state index < -0.39 is 40.4 Å². The van der Waals surface area contributed by atoms with Crippen molar-refractivity contribution in [3.8, 4) is 5.75 Å². The summed E-state index contributed by atoms with van der Waals surface area (Å²) in [6, 6.07) is 13.8. The summed E-state index contributed by atoms with van der Waals surface area (Å²) < 4.78 is 56.4. The molecule has 1 amide bonds. The molecule has 0 aliphatic heterocycles. The Morgan fingerprint density at radius 3 is 2.17 bits per heavy atom. The van der Waals surface area contributed by atoms with Gasteiger partial charge in [-0.05, 0) is 63.4 Å². The van der Waals surface area contributed by atoms with E-state index in [0.29, 0.717) is 5.56 Å². The first-order chi connectivity index (χ1) is 16.5. The van der Waals surface area contributed by atoms with E-state index in [1.54, 1.807) is 53.7 Å². The van der Waals surface area contributed by atoms with Crippen LogP contribution in [-0.4, -0.2) is 29.7 Å². The normalized spacial score (nSPS) is 13.4. The molecule has 4 nitrogen and oxygen atoms in total. The Morgan fingerprint density at radius 1 is 0.914 bits per heavy atom. The maximum Gasteiger partial charge on any atom is 0.411 e. The Kier molecular flexibility index (Phi) is 7.68. The molecular weight excluding hydrogens is 455 g/mol. The largest absolute Gasteiger partial charge is 0.488 e. The number of carbonyl (C=O) groups is 1. The number of hydrogen-bond donors (Lipinski definition) is 0. The summed E-state index contributed by atoms with van der Waals surface area (Å²) in [4.78, 5) is 14.9. The van der Waals surface area contributed by atoms with Gasteiger partial charge in [-0.25, -0.2) is 13.6 Å². The Morgan fingerprint density at radius 2 is 1.57 bits per heavy atom. The number of halogens is 3. The quantitative estimate of drug-likeness (QED) is 0.323. The van der Waals surface area contributed by atoms with Crippen LogP contribution in [0.3, 0.4) is 0 Å². The molecule has 0 saturated carbocycles. The minimum atomic E-state index is -1.53. The number of hydrogen-bond acceptors (Lipinski definition) is 3. The smallest absolute Gasteiger partial charge is 0.411 e. The van der Waals surface area contributed by atoms with Crippen molar-refractivity contribution >= 4 is 16.9 Å². The highest BCUT2D eigenvalue weighted by Crippen LogP contribution is 2.46. The lowest BCUT2D eigenvalue weighted by molar-refractivity contribution is 0.00317. The molecule has 1 unspecified atom stereocenters. The summed E-state index contributed by atoms with van der Waals surface area (Å²) in [5.41, 5.74) is -1.99. The van der Waals surface area contributed by atoms with Crippen LogP contribution in [0.15, 0.2) is 48.5 Å². The zero-order valence-corrected chi connectivity index (χ0v) is 21.0. The van der Waals surface area contributed by atoms with Crippen molar-refractivity contribution in [1.29, 1.82) is 0 Å². The average Bonchev–Trinajstić information content (AvgIpc) is 2.81. The van der Waals surface area contributed by atoms with Crippen molar-refractivity contribution < 1.29 is 27.4 Å². The molecule has 188 valence electrons. The van der Waals surface area contributed by atoms with Gasteiger partial charge in [0.1, 0.15) is 11.1 Å². The van der Waals surface area contributed by atoms with Gasteiger partial charge < -0.3 is 9.47 Å². The van der Waals surface area contributed by atoms with Crippen LogP contribution in [0, 0.1) is 17.5 Å². The predicted octanol–water partition coefficient (Wildman–Crippen LogP) is 7.57. The Labute approximate surface area is 204 Å². The van der Waals surface area contributed by atoms with E-state index in [-0.39, 0.29) is 25.1 Å². The molecule has 7 heteroatoms. The third kappa shape index (κ3) is 4.81. The van der Waals surface area contributed by atoms with Crippen LogP contribution in [0.25, 0.3) is 10.8 Å². The molecule has 0 saturated heterocycles. The first kappa shape index (κ1) is 26.4. The molecule has 0 aliphatic carbocycles. The van der Waals surface area contributed by atoms with Crippen molar-refractivity contribution in [3.05, 3.63) is 77.1 Å². The fourth-order valence-corrected chi connectivity index (χ4v) is 4.62. The molecule has 0 spiro atoms. The number of fused-ring (bicyclic) bond motifs is 1. The van der Waals surface area contributed by atoms with Gasteiger partial charge in [0.15, 0.2) is 17.4 Å². The van der Waals surface area contributed by atoms with Crippen LogP contribution in [0.2, 0.25) is 0 Å². The maximum absolute atomic E-state index is 16.1. The van der Waals surface area contributed by atoms with Gasteiger partial charge in [0.25, 0.3) is 0 Å². The third-order valence-electron chi connectivity index (χ3n) is 5.99. The minimum absolute atomic E-state index is 0.0618. The number of nitrogens with zero attached hydrogens (tertiary/aromatic N) is 1. The molecule has 3 rings (SSSR count). The summed E-state index contributed by atoms with van der Waals surface area (Å²) in [6.45, 7) is 10.3. The summed E-state index contributed by atoms with van der Waals surface area (Å²) in [6.07, 6.45) is -0.543. The highest BCUT2D eigenvalue weighted by atomic mass is 19.2. The minimum Gasteiger partial charge on any atom is -0.488 e. The van der Waals surface area contributed by atoms with E-state index in [1.165, 1.54) is 4.90 Å². The lowest BCUT2D eigenvalue weighted by Gasteiger charge is -2.45. The van der Waals surface area contributed by atoms with Crippen LogP contribution in [0.5, 0.6) is 5.75 Å². The number of ether oxygens (including phenoxy) is 2. The van der Waals surface area contributed by atoms with E-state index in [4.69, 9.17) is 9.47 Å². The van der Waals surface area contributed by atoms with Crippen LogP contribution < -0.4 is 4.74 Å². The zero-order valence-electron chi connectivity index (χ0n) is 21.0. The van der Waals surface area contributed by atoms with Gasteiger partial charge >= 0.3 is 6.09 Å². The second-order valence-electron chi connectivity index (χ2n) is 9.26. The lowest BCUT2D eigenvalue weighted by Crippen LogP contribution is -2.52. The number of benzene rings is 3. The third-order valence-corrected chi connectivity index (χ3v) is 5.99. The molecule has 0 heterocycles. The van der Waals surface area contributed by atoms with Crippen molar-refractivity contribution in [2.45, 2.75) is 59.1 Å². The monoisotopic (exact) mass is 487 g/mol. The molecule has 0 N–H and O–H groups in total. The zero-order chi connectivity index (χ0) is 26.0. The first-order valence-corrected chi connectivity index (χ1v) is 11.8.